The van der Waals surface area contributed by atoms with E-state index in [1.807, 2.05) is 53.4 Å². The molecule has 1 amide bonds. The second-order valence-corrected chi connectivity index (χ2v) is 12.7. The first-order valence-electron chi connectivity index (χ1n) is 15.3. The molecule has 4 aromatic rings. The van der Waals surface area contributed by atoms with Gasteiger partial charge in [0.1, 0.15) is 0 Å². The molecule has 3 aromatic carbocycles. The number of amides is 1. The number of halogens is 2. The molecule has 6 nitrogen and oxygen atoms in total. The van der Waals surface area contributed by atoms with Crippen LogP contribution >= 0.6 is 23.2 Å². The van der Waals surface area contributed by atoms with Crippen LogP contribution in [-0.4, -0.2) is 64.0 Å². The maximum atomic E-state index is 13.4. The van der Waals surface area contributed by atoms with Crippen LogP contribution in [0, 0.1) is 0 Å². The number of aromatic nitrogens is 2. The number of hydrogen-bond donors (Lipinski definition) is 1. The van der Waals surface area contributed by atoms with E-state index < -0.39 is 0 Å². The van der Waals surface area contributed by atoms with E-state index >= 15 is 0 Å². The van der Waals surface area contributed by atoms with Gasteiger partial charge in [-0.25, -0.2) is 4.98 Å². The minimum Gasteiger partial charge on any atom is -0.353 e. The van der Waals surface area contributed by atoms with E-state index in [0.29, 0.717) is 22.6 Å². The molecule has 43 heavy (non-hydrogen) atoms. The second kappa shape index (κ2) is 13.1. The first kappa shape index (κ1) is 29.7. The summed E-state index contributed by atoms with van der Waals surface area (Å²) < 4.78 is 2.27. The molecule has 0 aliphatic carbocycles. The number of imidazole rings is 1. The standard InChI is InChI=1S/C35H39Cl2N5O/c1-2-3-19-42-32-12-8-7-11-31(32)39-34(42)38-28-15-20-40(21-16-28)22-17-35(27-13-14-29(36)30(37)24-27)18-23-41(25-35)33(43)26-9-5-4-6-10-26/h2-14,24,28H,15-23,25H2,1H3,(H,38,39). The van der Waals surface area contributed by atoms with Crippen molar-refractivity contribution in [2.24, 2.45) is 0 Å². The summed E-state index contributed by atoms with van der Waals surface area (Å²) in [5, 5.41) is 4.89. The lowest BCUT2D eigenvalue weighted by Gasteiger charge is -2.36. The Hall–Kier alpha value is -3.32. The van der Waals surface area contributed by atoms with Crippen LogP contribution in [0.5, 0.6) is 0 Å². The Bertz CT molecular complexity index is 1590. The molecule has 3 heterocycles. The van der Waals surface area contributed by atoms with Gasteiger partial charge in [0.25, 0.3) is 5.91 Å². The van der Waals surface area contributed by atoms with Crippen molar-refractivity contribution in [2.45, 2.75) is 50.6 Å². The summed E-state index contributed by atoms with van der Waals surface area (Å²) in [4.78, 5) is 22.9. The zero-order chi connectivity index (χ0) is 29.8. The maximum absolute atomic E-state index is 13.4. The van der Waals surface area contributed by atoms with E-state index in [1.54, 1.807) is 0 Å². The molecule has 0 radical (unpaired) electrons. The molecule has 0 spiro atoms. The topological polar surface area (TPSA) is 53.4 Å². The smallest absolute Gasteiger partial charge is 0.253 e. The summed E-state index contributed by atoms with van der Waals surface area (Å²) in [6.45, 7) is 7.29. The van der Waals surface area contributed by atoms with Crippen molar-refractivity contribution >= 4 is 46.1 Å². The first-order chi connectivity index (χ1) is 21.0. The van der Waals surface area contributed by atoms with E-state index in [1.165, 1.54) is 5.56 Å². The Morgan fingerprint density at radius 3 is 2.53 bits per heavy atom. The number of rotatable bonds is 9. The highest BCUT2D eigenvalue weighted by Gasteiger charge is 2.42. The molecule has 2 saturated heterocycles. The number of carbonyl (C=O) groups excluding carboxylic acids is 1. The number of anilines is 1. The third-order valence-corrected chi connectivity index (χ3v) is 9.94. The Morgan fingerprint density at radius 1 is 1.00 bits per heavy atom. The van der Waals surface area contributed by atoms with E-state index in [-0.39, 0.29) is 11.3 Å². The van der Waals surface area contributed by atoms with Gasteiger partial charge in [0.15, 0.2) is 0 Å². The van der Waals surface area contributed by atoms with Crippen molar-refractivity contribution in [3.8, 4) is 0 Å². The molecule has 6 rings (SSSR count). The minimum absolute atomic E-state index is 0.0925. The van der Waals surface area contributed by atoms with Gasteiger partial charge < -0.3 is 19.7 Å². The largest absolute Gasteiger partial charge is 0.353 e. The maximum Gasteiger partial charge on any atom is 0.253 e. The van der Waals surface area contributed by atoms with Crippen LogP contribution in [0.1, 0.15) is 48.5 Å². The van der Waals surface area contributed by atoms with Crippen LogP contribution in [0.2, 0.25) is 10.0 Å². The molecule has 2 aliphatic heterocycles. The molecule has 1 atom stereocenters. The third-order valence-electron chi connectivity index (χ3n) is 9.20. The predicted octanol–water partition coefficient (Wildman–Crippen LogP) is 7.67. The van der Waals surface area contributed by atoms with Gasteiger partial charge in [-0.1, -0.05) is 71.8 Å². The zero-order valence-corrected chi connectivity index (χ0v) is 26.2. The Balaban J connectivity index is 1.12. The summed E-state index contributed by atoms with van der Waals surface area (Å²) in [6.07, 6.45) is 8.24. The number of hydrogen-bond acceptors (Lipinski definition) is 4. The number of nitrogens with zero attached hydrogens (tertiary/aromatic N) is 4. The van der Waals surface area contributed by atoms with Crippen LogP contribution in [0.25, 0.3) is 11.0 Å². The van der Waals surface area contributed by atoms with E-state index in [9.17, 15) is 4.79 Å². The molecule has 1 N–H and O–H groups in total. The average Bonchev–Trinajstić information content (AvgIpc) is 3.63. The number of benzene rings is 3. The van der Waals surface area contributed by atoms with E-state index in [0.717, 1.165) is 81.0 Å². The fourth-order valence-corrected chi connectivity index (χ4v) is 6.95. The Labute approximate surface area is 264 Å². The molecular formula is C35H39Cl2N5O. The summed E-state index contributed by atoms with van der Waals surface area (Å²) in [7, 11) is 0. The van der Waals surface area contributed by atoms with Crippen molar-refractivity contribution in [1.82, 2.24) is 19.4 Å². The van der Waals surface area contributed by atoms with Gasteiger partial charge in [-0.05, 0) is 81.1 Å². The van der Waals surface area contributed by atoms with Crippen LogP contribution in [-0.2, 0) is 12.0 Å². The van der Waals surface area contributed by atoms with Crippen LogP contribution in [0.15, 0.2) is 84.9 Å². The lowest BCUT2D eigenvalue weighted by atomic mass is 9.76. The summed E-state index contributed by atoms with van der Waals surface area (Å²) >= 11 is 12.8. The van der Waals surface area contributed by atoms with Gasteiger partial charge in [-0.3, -0.25) is 4.79 Å². The van der Waals surface area contributed by atoms with Crippen LogP contribution in [0.4, 0.5) is 5.95 Å². The van der Waals surface area contributed by atoms with Crippen LogP contribution < -0.4 is 5.32 Å². The lowest BCUT2D eigenvalue weighted by molar-refractivity contribution is 0.0780. The quantitative estimate of drug-likeness (QED) is 0.196. The lowest BCUT2D eigenvalue weighted by Crippen LogP contribution is -2.42. The highest BCUT2D eigenvalue weighted by Crippen LogP contribution is 2.41. The highest BCUT2D eigenvalue weighted by molar-refractivity contribution is 6.42. The van der Waals surface area contributed by atoms with Gasteiger partial charge in [0, 0.05) is 49.7 Å². The monoisotopic (exact) mass is 615 g/mol. The average molecular weight is 617 g/mol. The number of nitrogens with one attached hydrogen (secondary N) is 1. The Morgan fingerprint density at radius 2 is 1.77 bits per heavy atom. The van der Waals surface area contributed by atoms with Crippen molar-refractivity contribution in [3.05, 3.63) is 106 Å². The fourth-order valence-electron chi connectivity index (χ4n) is 6.66. The van der Waals surface area contributed by atoms with Crippen LogP contribution in [0.3, 0.4) is 0 Å². The SMILES string of the molecule is CC=CCn1c(NC2CCN(CCC3(c4ccc(Cl)c(Cl)c4)CCN(C(=O)c4ccccc4)C3)CC2)nc2ccccc21. The zero-order valence-electron chi connectivity index (χ0n) is 24.7. The molecule has 1 unspecified atom stereocenters. The van der Waals surface area contributed by atoms with Crippen molar-refractivity contribution in [1.29, 1.82) is 0 Å². The predicted molar refractivity (Wildman–Crippen MR) is 177 cm³/mol. The fraction of sp³-hybridized carbons (Fsp3) is 0.371. The number of likely N-dealkylation sites (tertiary alicyclic amines) is 2. The summed E-state index contributed by atoms with van der Waals surface area (Å²) in [6, 6.07) is 24.3. The molecular weight excluding hydrogens is 577 g/mol. The van der Waals surface area contributed by atoms with Crippen molar-refractivity contribution in [3.63, 3.8) is 0 Å². The van der Waals surface area contributed by atoms with E-state index in [2.05, 4.69) is 58.1 Å². The highest BCUT2D eigenvalue weighted by atomic mass is 35.5. The molecule has 1 aromatic heterocycles. The molecule has 2 aliphatic rings. The Kier molecular flexibility index (Phi) is 9.08. The van der Waals surface area contributed by atoms with Gasteiger partial charge in [-0.15, -0.1) is 0 Å². The number of carbonyl (C=O) groups is 1. The normalized spacial score (nSPS) is 19.9. The molecule has 2 fully saturated rings. The number of allylic oxidation sites excluding steroid dienone is 2. The van der Waals surface area contributed by atoms with Crippen molar-refractivity contribution < 1.29 is 4.79 Å². The minimum atomic E-state index is -0.161. The van der Waals surface area contributed by atoms with Crippen molar-refractivity contribution in [2.75, 3.05) is 38.0 Å². The summed E-state index contributed by atoms with van der Waals surface area (Å²) in [5.41, 5.74) is 3.93. The summed E-state index contributed by atoms with van der Waals surface area (Å²) in [5.74, 6) is 1.04. The molecule has 224 valence electrons. The van der Waals surface area contributed by atoms with E-state index in [4.69, 9.17) is 28.2 Å². The van der Waals surface area contributed by atoms with Gasteiger partial charge in [0.2, 0.25) is 5.95 Å². The van der Waals surface area contributed by atoms with Gasteiger partial charge in [-0.2, -0.15) is 0 Å². The number of para-hydroxylation sites is 2. The molecule has 8 heteroatoms. The van der Waals surface area contributed by atoms with Gasteiger partial charge >= 0.3 is 0 Å². The molecule has 0 saturated carbocycles. The number of fused-ring (bicyclic) bond motifs is 1. The van der Waals surface area contributed by atoms with Gasteiger partial charge in [0.05, 0.1) is 21.1 Å². The number of piperidine rings is 1. The molecule has 0 bridgehead atoms. The third kappa shape index (κ3) is 6.47. The second-order valence-electron chi connectivity index (χ2n) is 11.9. The first-order valence-corrected chi connectivity index (χ1v) is 16.1.